The molecule has 84 valence electrons. The lowest BCUT2D eigenvalue weighted by atomic mass is 10.4. The van der Waals surface area contributed by atoms with Gasteiger partial charge in [-0.25, -0.2) is 0 Å². The summed E-state index contributed by atoms with van der Waals surface area (Å²) < 4.78 is 1.87. The first-order valence-electron chi connectivity index (χ1n) is 4.90. The molecular formula is C10H12N4OS. The molecule has 0 radical (unpaired) electrons. The van der Waals surface area contributed by atoms with Crippen molar-refractivity contribution in [1.29, 1.82) is 0 Å². The fraction of sp³-hybridized carbons (Fsp3) is 0.300. The van der Waals surface area contributed by atoms with Crippen molar-refractivity contribution in [3.8, 4) is 0 Å². The summed E-state index contributed by atoms with van der Waals surface area (Å²) in [4.78, 5) is 11.4. The number of aromatic nitrogens is 3. The molecule has 2 aromatic heterocycles. The summed E-state index contributed by atoms with van der Waals surface area (Å²) in [5.41, 5.74) is 0.786. The van der Waals surface area contributed by atoms with Gasteiger partial charge in [0.15, 0.2) is 10.8 Å². The average molecular weight is 236 g/mol. The monoisotopic (exact) mass is 236 g/mol. The number of pyridine rings is 1. The summed E-state index contributed by atoms with van der Waals surface area (Å²) in [7, 11) is 1.63. The molecule has 0 fully saturated rings. The van der Waals surface area contributed by atoms with Gasteiger partial charge in [-0.05, 0) is 19.1 Å². The third kappa shape index (κ3) is 2.01. The van der Waals surface area contributed by atoms with E-state index >= 15 is 0 Å². The normalized spacial score (nSPS) is 12.6. The fourth-order valence-corrected chi connectivity index (χ4v) is 2.21. The van der Waals surface area contributed by atoms with Gasteiger partial charge in [-0.1, -0.05) is 17.8 Å². The van der Waals surface area contributed by atoms with Crippen LogP contribution in [0.3, 0.4) is 0 Å². The second kappa shape index (κ2) is 4.52. The standard InChI is InChI=1S/C10H12N4OS/c1-7(9(15)11-2)16-10-13-12-8-5-3-4-6-14(8)10/h3-7H,1-2H3,(H,11,15)/t7-/m0/s1. The predicted octanol–water partition coefficient (Wildman–Crippen LogP) is 0.956. The first-order valence-corrected chi connectivity index (χ1v) is 5.78. The van der Waals surface area contributed by atoms with Gasteiger partial charge in [-0.15, -0.1) is 10.2 Å². The molecule has 0 aliphatic carbocycles. The Morgan fingerprint density at radius 3 is 3.06 bits per heavy atom. The lowest BCUT2D eigenvalue weighted by Gasteiger charge is -2.07. The molecule has 2 heterocycles. The zero-order chi connectivity index (χ0) is 11.5. The maximum absolute atomic E-state index is 11.4. The number of rotatable bonds is 3. The molecule has 0 saturated carbocycles. The fourth-order valence-electron chi connectivity index (χ4n) is 1.31. The zero-order valence-electron chi connectivity index (χ0n) is 9.04. The number of nitrogens with zero attached hydrogens (tertiary/aromatic N) is 3. The number of hydrogen-bond acceptors (Lipinski definition) is 4. The minimum Gasteiger partial charge on any atom is -0.358 e. The van der Waals surface area contributed by atoms with Crippen LogP contribution < -0.4 is 5.32 Å². The largest absolute Gasteiger partial charge is 0.358 e. The number of hydrogen-bond donors (Lipinski definition) is 1. The summed E-state index contributed by atoms with van der Waals surface area (Å²) in [6, 6.07) is 5.69. The molecule has 16 heavy (non-hydrogen) atoms. The minimum absolute atomic E-state index is 0.0160. The van der Waals surface area contributed by atoms with Crippen molar-refractivity contribution >= 4 is 23.3 Å². The summed E-state index contributed by atoms with van der Waals surface area (Å²) in [5, 5.41) is 11.2. The Hall–Kier alpha value is -1.56. The van der Waals surface area contributed by atoms with Crippen LogP contribution in [0.5, 0.6) is 0 Å². The molecule has 0 aliphatic heterocycles. The Labute approximate surface area is 97.3 Å². The number of fused-ring (bicyclic) bond motifs is 1. The van der Waals surface area contributed by atoms with Gasteiger partial charge in [0.1, 0.15) is 0 Å². The van der Waals surface area contributed by atoms with Gasteiger partial charge in [-0.3, -0.25) is 9.20 Å². The number of amides is 1. The van der Waals surface area contributed by atoms with E-state index in [9.17, 15) is 4.79 Å². The van der Waals surface area contributed by atoms with Gasteiger partial charge in [0.25, 0.3) is 0 Å². The lowest BCUT2D eigenvalue weighted by molar-refractivity contribution is -0.119. The highest BCUT2D eigenvalue weighted by Crippen LogP contribution is 2.21. The molecule has 0 aromatic carbocycles. The molecular weight excluding hydrogens is 224 g/mol. The van der Waals surface area contributed by atoms with Crippen molar-refractivity contribution < 1.29 is 4.79 Å². The van der Waals surface area contributed by atoms with Crippen molar-refractivity contribution in [1.82, 2.24) is 19.9 Å². The van der Waals surface area contributed by atoms with Gasteiger partial charge >= 0.3 is 0 Å². The van der Waals surface area contributed by atoms with Crippen molar-refractivity contribution in [2.24, 2.45) is 0 Å². The molecule has 1 N–H and O–H groups in total. The van der Waals surface area contributed by atoms with Gasteiger partial charge in [-0.2, -0.15) is 0 Å². The molecule has 2 rings (SSSR count). The second-order valence-electron chi connectivity index (χ2n) is 3.29. The molecule has 2 aromatic rings. The molecule has 0 aliphatic rings. The number of carbonyl (C=O) groups excluding carboxylic acids is 1. The van der Waals surface area contributed by atoms with E-state index in [2.05, 4.69) is 15.5 Å². The Bertz CT molecular complexity index is 510. The first kappa shape index (κ1) is 10.9. The molecule has 5 nitrogen and oxygen atoms in total. The molecule has 1 amide bonds. The SMILES string of the molecule is CNC(=O)[C@H](C)Sc1nnc2ccccn12. The lowest BCUT2D eigenvalue weighted by Crippen LogP contribution is -2.27. The molecule has 0 saturated heterocycles. The van der Waals surface area contributed by atoms with E-state index in [1.807, 2.05) is 35.7 Å². The van der Waals surface area contributed by atoms with Crippen molar-refractivity contribution in [2.45, 2.75) is 17.3 Å². The van der Waals surface area contributed by atoms with E-state index in [1.165, 1.54) is 11.8 Å². The van der Waals surface area contributed by atoms with Crippen LogP contribution in [-0.4, -0.2) is 32.8 Å². The van der Waals surface area contributed by atoms with E-state index in [4.69, 9.17) is 0 Å². The highest BCUT2D eigenvalue weighted by atomic mass is 32.2. The van der Waals surface area contributed by atoms with Crippen LogP contribution in [0.25, 0.3) is 5.65 Å². The van der Waals surface area contributed by atoms with Gasteiger partial charge in [0, 0.05) is 13.2 Å². The topological polar surface area (TPSA) is 59.3 Å². The van der Waals surface area contributed by atoms with Gasteiger partial charge in [0.2, 0.25) is 5.91 Å². The summed E-state index contributed by atoms with van der Waals surface area (Å²) in [6.07, 6.45) is 1.88. The molecule has 0 spiro atoms. The first-order chi connectivity index (χ1) is 7.72. The van der Waals surface area contributed by atoms with Crippen LogP contribution in [-0.2, 0) is 4.79 Å². The maximum atomic E-state index is 11.4. The van der Waals surface area contributed by atoms with E-state index in [-0.39, 0.29) is 11.2 Å². The Morgan fingerprint density at radius 2 is 2.31 bits per heavy atom. The molecule has 0 unspecified atom stereocenters. The Kier molecular flexibility index (Phi) is 3.09. The summed E-state index contributed by atoms with van der Waals surface area (Å²) in [6.45, 7) is 1.84. The number of carbonyl (C=O) groups is 1. The minimum atomic E-state index is -0.183. The van der Waals surface area contributed by atoms with Crippen LogP contribution in [0.4, 0.5) is 0 Å². The van der Waals surface area contributed by atoms with Crippen molar-refractivity contribution in [3.63, 3.8) is 0 Å². The smallest absolute Gasteiger partial charge is 0.233 e. The zero-order valence-corrected chi connectivity index (χ0v) is 9.86. The second-order valence-corrected chi connectivity index (χ2v) is 4.59. The number of thioether (sulfide) groups is 1. The quantitative estimate of drug-likeness (QED) is 0.806. The molecule has 6 heteroatoms. The highest BCUT2D eigenvalue weighted by Gasteiger charge is 2.16. The Morgan fingerprint density at radius 1 is 1.50 bits per heavy atom. The highest BCUT2D eigenvalue weighted by molar-refractivity contribution is 8.00. The number of nitrogens with one attached hydrogen (secondary N) is 1. The van der Waals surface area contributed by atoms with Gasteiger partial charge < -0.3 is 5.32 Å². The Balaban J connectivity index is 2.24. The van der Waals surface area contributed by atoms with Crippen LogP contribution in [0.15, 0.2) is 29.6 Å². The van der Waals surface area contributed by atoms with Crippen LogP contribution in [0.2, 0.25) is 0 Å². The average Bonchev–Trinajstić information content (AvgIpc) is 2.72. The van der Waals surface area contributed by atoms with Crippen LogP contribution in [0.1, 0.15) is 6.92 Å². The van der Waals surface area contributed by atoms with Crippen molar-refractivity contribution in [3.05, 3.63) is 24.4 Å². The van der Waals surface area contributed by atoms with E-state index in [0.717, 1.165) is 10.8 Å². The third-order valence-corrected chi connectivity index (χ3v) is 3.24. The predicted molar refractivity (Wildman–Crippen MR) is 62.4 cm³/mol. The van der Waals surface area contributed by atoms with Crippen LogP contribution >= 0.6 is 11.8 Å². The van der Waals surface area contributed by atoms with Crippen molar-refractivity contribution in [2.75, 3.05) is 7.05 Å². The summed E-state index contributed by atoms with van der Waals surface area (Å²) in [5.74, 6) is -0.0160. The third-order valence-electron chi connectivity index (χ3n) is 2.18. The summed E-state index contributed by atoms with van der Waals surface area (Å²) >= 11 is 1.39. The van der Waals surface area contributed by atoms with E-state index < -0.39 is 0 Å². The molecule has 0 bridgehead atoms. The maximum Gasteiger partial charge on any atom is 0.233 e. The van der Waals surface area contributed by atoms with Crippen LogP contribution in [0, 0.1) is 0 Å². The van der Waals surface area contributed by atoms with E-state index in [1.54, 1.807) is 7.05 Å². The molecule has 1 atom stereocenters. The van der Waals surface area contributed by atoms with Gasteiger partial charge in [0.05, 0.1) is 5.25 Å². The van der Waals surface area contributed by atoms with E-state index in [0.29, 0.717) is 0 Å².